The van der Waals surface area contributed by atoms with Gasteiger partial charge in [-0.1, -0.05) is 43.3 Å². The highest BCUT2D eigenvalue weighted by Gasteiger charge is 2.20. The van der Waals surface area contributed by atoms with Crippen molar-refractivity contribution >= 4 is 35.0 Å². The lowest BCUT2D eigenvalue weighted by atomic mass is 10.1. The summed E-state index contributed by atoms with van der Waals surface area (Å²) in [6.45, 7) is 1.97. The normalized spacial score (nSPS) is 11.4. The van der Waals surface area contributed by atoms with E-state index < -0.39 is 0 Å². The Morgan fingerprint density at radius 1 is 0.909 bits per heavy atom. The molecule has 1 atom stereocenters. The fourth-order valence-corrected chi connectivity index (χ4v) is 4.25. The molecular weight excluding hydrogens is 436 g/mol. The summed E-state index contributed by atoms with van der Waals surface area (Å²) < 4.78 is 10.6. The van der Waals surface area contributed by atoms with Gasteiger partial charge in [0.15, 0.2) is 0 Å². The van der Waals surface area contributed by atoms with E-state index in [4.69, 9.17) is 9.47 Å². The van der Waals surface area contributed by atoms with E-state index in [2.05, 4.69) is 10.6 Å². The molecule has 0 fully saturated rings. The predicted octanol–water partition coefficient (Wildman–Crippen LogP) is 5.39. The number of ether oxygens (including phenoxy) is 2. The van der Waals surface area contributed by atoms with Crippen LogP contribution in [0.5, 0.6) is 11.5 Å². The summed E-state index contributed by atoms with van der Waals surface area (Å²) in [5, 5.41) is 5.57. The van der Waals surface area contributed by atoms with Crippen LogP contribution in [0.2, 0.25) is 0 Å². The van der Waals surface area contributed by atoms with Gasteiger partial charge in [-0.25, -0.2) is 0 Å². The van der Waals surface area contributed by atoms with Gasteiger partial charge in [0, 0.05) is 16.6 Å². The SMILES string of the molecule is CCC(Sc1cccc(NC(=O)Cc2ccccc2)c1)C(=O)Nc1ccc(OC)cc1OC. The molecule has 172 valence electrons. The van der Waals surface area contributed by atoms with Crippen molar-refractivity contribution in [3.05, 3.63) is 78.4 Å². The van der Waals surface area contributed by atoms with Crippen LogP contribution in [-0.2, 0) is 16.0 Å². The Morgan fingerprint density at radius 3 is 2.39 bits per heavy atom. The van der Waals surface area contributed by atoms with E-state index in [1.165, 1.54) is 11.8 Å². The molecule has 6 nitrogen and oxygen atoms in total. The quantitative estimate of drug-likeness (QED) is 0.393. The van der Waals surface area contributed by atoms with Crippen LogP contribution in [0.1, 0.15) is 18.9 Å². The van der Waals surface area contributed by atoms with Crippen molar-refractivity contribution < 1.29 is 19.1 Å². The lowest BCUT2D eigenvalue weighted by molar-refractivity contribution is -0.116. The third-order valence-electron chi connectivity index (χ3n) is 4.93. The number of nitrogens with one attached hydrogen (secondary N) is 2. The number of carbonyl (C=O) groups is 2. The first-order valence-electron chi connectivity index (χ1n) is 10.7. The van der Waals surface area contributed by atoms with Crippen molar-refractivity contribution in [3.8, 4) is 11.5 Å². The number of carbonyl (C=O) groups excluding carboxylic acids is 2. The van der Waals surface area contributed by atoms with E-state index in [9.17, 15) is 9.59 Å². The van der Waals surface area contributed by atoms with E-state index in [1.54, 1.807) is 32.4 Å². The molecule has 33 heavy (non-hydrogen) atoms. The smallest absolute Gasteiger partial charge is 0.237 e. The second kappa shape index (κ2) is 12.0. The minimum Gasteiger partial charge on any atom is -0.497 e. The highest BCUT2D eigenvalue weighted by atomic mass is 32.2. The van der Waals surface area contributed by atoms with E-state index in [0.717, 1.165) is 10.5 Å². The highest BCUT2D eigenvalue weighted by molar-refractivity contribution is 8.00. The summed E-state index contributed by atoms with van der Waals surface area (Å²) in [6, 6.07) is 22.4. The Bertz CT molecular complexity index is 1090. The first-order valence-corrected chi connectivity index (χ1v) is 11.5. The van der Waals surface area contributed by atoms with Crippen LogP contribution in [-0.4, -0.2) is 31.3 Å². The number of amides is 2. The second-order valence-electron chi connectivity index (χ2n) is 7.31. The zero-order chi connectivity index (χ0) is 23.6. The minimum atomic E-state index is -0.313. The zero-order valence-electron chi connectivity index (χ0n) is 19.0. The monoisotopic (exact) mass is 464 g/mol. The molecule has 3 rings (SSSR count). The van der Waals surface area contributed by atoms with Gasteiger partial charge in [0.05, 0.1) is 31.6 Å². The molecule has 0 radical (unpaired) electrons. The largest absolute Gasteiger partial charge is 0.497 e. The average molecular weight is 465 g/mol. The third-order valence-corrected chi connectivity index (χ3v) is 6.29. The molecule has 7 heteroatoms. The Kier molecular flexibility index (Phi) is 8.78. The molecular formula is C26H28N2O4S. The number of anilines is 2. The van der Waals surface area contributed by atoms with E-state index in [0.29, 0.717) is 35.7 Å². The molecule has 3 aromatic rings. The summed E-state index contributed by atoms with van der Waals surface area (Å²) in [6.07, 6.45) is 0.946. The molecule has 2 N–H and O–H groups in total. The summed E-state index contributed by atoms with van der Waals surface area (Å²) >= 11 is 1.45. The van der Waals surface area contributed by atoms with Gasteiger partial charge in [-0.2, -0.15) is 0 Å². The van der Waals surface area contributed by atoms with Crippen molar-refractivity contribution in [3.63, 3.8) is 0 Å². The number of rotatable bonds is 10. The summed E-state index contributed by atoms with van der Waals surface area (Å²) in [7, 11) is 3.13. The van der Waals surface area contributed by atoms with Crippen LogP contribution in [0, 0.1) is 0 Å². The Morgan fingerprint density at radius 2 is 1.70 bits per heavy atom. The lowest BCUT2D eigenvalue weighted by Crippen LogP contribution is -2.24. The predicted molar refractivity (Wildman–Crippen MR) is 133 cm³/mol. The highest BCUT2D eigenvalue weighted by Crippen LogP contribution is 2.32. The maximum Gasteiger partial charge on any atom is 0.237 e. The van der Waals surface area contributed by atoms with Crippen LogP contribution >= 0.6 is 11.8 Å². The maximum absolute atomic E-state index is 12.9. The average Bonchev–Trinajstić information content (AvgIpc) is 2.83. The topological polar surface area (TPSA) is 76.7 Å². The van der Waals surface area contributed by atoms with Crippen molar-refractivity contribution in [1.82, 2.24) is 0 Å². The molecule has 2 amide bonds. The number of thioether (sulfide) groups is 1. The molecule has 0 aliphatic heterocycles. The fraction of sp³-hybridized carbons (Fsp3) is 0.231. The van der Waals surface area contributed by atoms with Crippen LogP contribution in [0.3, 0.4) is 0 Å². The zero-order valence-corrected chi connectivity index (χ0v) is 19.8. The molecule has 0 spiro atoms. The van der Waals surface area contributed by atoms with Gasteiger partial charge in [-0.05, 0) is 42.3 Å². The number of hydrogen-bond acceptors (Lipinski definition) is 5. The summed E-state index contributed by atoms with van der Waals surface area (Å²) in [5.41, 5.74) is 2.24. The van der Waals surface area contributed by atoms with Gasteiger partial charge in [0.25, 0.3) is 0 Å². The third kappa shape index (κ3) is 7.02. The van der Waals surface area contributed by atoms with Gasteiger partial charge in [-0.3, -0.25) is 9.59 Å². The van der Waals surface area contributed by atoms with E-state index >= 15 is 0 Å². The number of benzene rings is 3. The first-order chi connectivity index (χ1) is 16.0. The van der Waals surface area contributed by atoms with Crippen LogP contribution < -0.4 is 20.1 Å². The second-order valence-corrected chi connectivity index (χ2v) is 8.58. The Hall–Kier alpha value is -3.45. The van der Waals surface area contributed by atoms with Crippen LogP contribution in [0.25, 0.3) is 0 Å². The first kappa shape index (κ1) is 24.2. The standard InChI is InChI=1S/C26H28N2O4S/c1-4-24(26(30)28-22-14-13-20(31-2)17-23(22)32-3)33-21-12-8-11-19(16-21)27-25(29)15-18-9-6-5-7-10-18/h5-14,16-17,24H,4,15H2,1-3H3,(H,27,29)(H,28,30). The minimum absolute atomic E-state index is 0.0836. The molecule has 0 heterocycles. The molecule has 0 bridgehead atoms. The molecule has 0 saturated carbocycles. The molecule has 1 unspecified atom stereocenters. The summed E-state index contributed by atoms with van der Waals surface area (Å²) in [5.74, 6) is 0.979. The van der Waals surface area contributed by atoms with Gasteiger partial charge >= 0.3 is 0 Å². The fourth-order valence-electron chi connectivity index (χ4n) is 3.24. The molecule has 0 saturated heterocycles. The molecule has 0 aliphatic carbocycles. The van der Waals surface area contributed by atoms with Crippen LogP contribution in [0.4, 0.5) is 11.4 Å². The summed E-state index contributed by atoms with van der Waals surface area (Å²) in [4.78, 5) is 26.2. The Labute approximate surface area is 198 Å². The maximum atomic E-state index is 12.9. The van der Waals surface area contributed by atoms with Gasteiger partial charge in [0.1, 0.15) is 11.5 Å². The lowest BCUT2D eigenvalue weighted by Gasteiger charge is -2.17. The molecule has 3 aromatic carbocycles. The molecule has 0 aromatic heterocycles. The number of hydrogen-bond donors (Lipinski definition) is 2. The van der Waals surface area contributed by atoms with E-state index in [1.807, 2.05) is 61.5 Å². The Balaban J connectivity index is 1.64. The van der Waals surface area contributed by atoms with Crippen LogP contribution in [0.15, 0.2) is 77.7 Å². The molecule has 0 aliphatic rings. The van der Waals surface area contributed by atoms with Crippen molar-refractivity contribution in [2.45, 2.75) is 29.9 Å². The van der Waals surface area contributed by atoms with Crippen molar-refractivity contribution in [2.75, 3.05) is 24.9 Å². The van der Waals surface area contributed by atoms with Crippen molar-refractivity contribution in [2.24, 2.45) is 0 Å². The number of methoxy groups -OCH3 is 2. The van der Waals surface area contributed by atoms with Crippen molar-refractivity contribution in [1.29, 1.82) is 0 Å². The van der Waals surface area contributed by atoms with Gasteiger partial charge in [0.2, 0.25) is 11.8 Å². The van der Waals surface area contributed by atoms with E-state index in [-0.39, 0.29) is 17.1 Å². The van der Waals surface area contributed by atoms with Gasteiger partial charge in [-0.15, -0.1) is 11.8 Å². The van der Waals surface area contributed by atoms with Gasteiger partial charge < -0.3 is 20.1 Å².